The Kier molecular flexibility index (Phi) is 4.76. The van der Waals surface area contributed by atoms with E-state index in [0.29, 0.717) is 12.5 Å². The molecule has 0 radical (unpaired) electrons. The van der Waals surface area contributed by atoms with Crippen molar-refractivity contribution >= 4 is 22.2 Å². The van der Waals surface area contributed by atoms with Crippen molar-refractivity contribution < 1.29 is 9.18 Å². The molecule has 1 fully saturated rings. The van der Waals surface area contributed by atoms with Crippen LogP contribution in [0.15, 0.2) is 35.8 Å². The van der Waals surface area contributed by atoms with Gasteiger partial charge in [0.05, 0.1) is 12.1 Å². The van der Waals surface area contributed by atoms with Crippen LogP contribution in [0.2, 0.25) is 0 Å². The highest BCUT2D eigenvalue weighted by Gasteiger charge is 2.26. The lowest BCUT2D eigenvalue weighted by Gasteiger charge is -2.35. The van der Waals surface area contributed by atoms with Crippen LogP contribution in [-0.2, 0) is 11.2 Å². The molecular weight excluding hydrogens is 349 g/mol. The molecule has 1 aliphatic rings. The molecule has 136 valence electrons. The molecule has 6 heteroatoms. The smallest absolute Gasteiger partial charge is 0.228 e. The Morgan fingerprint density at radius 3 is 2.88 bits per heavy atom. The average Bonchev–Trinajstić information content (AvgIpc) is 3.24. The van der Waals surface area contributed by atoms with Crippen LogP contribution in [0.1, 0.15) is 38.3 Å². The molecule has 0 bridgehead atoms. The highest BCUT2D eigenvalue weighted by Crippen LogP contribution is 2.25. The van der Waals surface area contributed by atoms with Gasteiger partial charge in [-0.15, -0.1) is 11.3 Å². The largest absolute Gasteiger partial charge is 0.339 e. The molecule has 26 heavy (non-hydrogen) atoms. The van der Waals surface area contributed by atoms with Gasteiger partial charge in [0.25, 0.3) is 0 Å². The zero-order valence-corrected chi connectivity index (χ0v) is 15.6. The van der Waals surface area contributed by atoms with Crippen molar-refractivity contribution in [1.82, 2.24) is 14.3 Å². The summed E-state index contributed by atoms with van der Waals surface area (Å²) in [6.45, 7) is 3.03. The predicted molar refractivity (Wildman–Crippen MR) is 102 cm³/mol. The van der Waals surface area contributed by atoms with E-state index in [9.17, 15) is 9.18 Å². The molecule has 1 atom stereocenters. The number of hydrogen-bond acceptors (Lipinski definition) is 3. The Morgan fingerprint density at radius 1 is 1.31 bits per heavy atom. The molecule has 0 N–H and O–H groups in total. The molecule has 3 aromatic rings. The second-order valence-electron chi connectivity index (χ2n) is 6.83. The van der Waals surface area contributed by atoms with Crippen LogP contribution in [0, 0.1) is 5.82 Å². The van der Waals surface area contributed by atoms with Gasteiger partial charge >= 0.3 is 0 Å². The minimum atomic E-state index is -0.256. The summed E-state index contributed by atoms with van der Waals surface area (Å²) in [7, 11) is 0. The third-order valence-corrected chi connectivity index (χ3v) is 6.06. The number of fused-ring (bicyclic) bond motifs is 1. The first-order chi connectivity index (χ1) is 12.7. The number of rotatable bonds is 4. The molecule has 0 saturated carbocycles. The Hall–Kier alpha value is -2.21. The molecule has 0 spiro atoms. The molecule has 4 rings (SSSR count). The number of likely N-dealkylation sites (tertiary alicyclic amines) is 1. The standard InChI is InChI=1S/C20H22FN3OS/c1-2-16-5-3-4-10-23(16)19(25)11-17-13-26-20-22-18(12-24(17)20)14-6-8-15(21)9-7-14/h6-9,12-13,16H,2-5,10-11H2,1H3. The summed E-state index contributed by atoms with van der Waals surface area (Å²) >= 11 is 1.53. The summed E-state index contributed by atoms with van der Waals surface area (Å²) in [4.78, 5) is 20.4. The first-order valence-corrected chi connectivity index (χ1v) is 10.0. The molecule has 3 heterocycles. The lowest BCUT2D eigenvalue weighted by molar-refractivity contribution is -0.134. The minimum absolute atomic E-state index is 0.202. The maximum absolute atomic E-state index is 13.1. The van der Waals surface area contributed by atoms with E-state index in [2.05, 4.69) is 16.8 Å². The highest BCUT2D eigenvalue weighted by molar-refractivity contribution is 7.15. The van der Waals surface area contributed by atoms with E-state index in [1.165, 1.54) is 29.9 Å². The first kappa shape index (κ1) is 17.2. The topological polar surface area (TPSA) is 37.6 Å². The zero-order chi connectivity index (χ0) is 18.1. The third-order valence-electron chi connectivity index (χ3n) is 5.17. The third kappa shape index (κ3) is 3.26. The van der Waals surface area contributed by atoms with Crippen LogP contribution in [0.4, 0.5) is 4.39 Å². The summed E-state index contributed by atoms with van der Waals surface area (Å²) in [5.74, 6) is -0.0543. The van der Waals surface area contributed by atoms with Crippen LogP contribution in [0.5, 0.6) is 0 Å². The van der Waals surface area contributed by atoms with E-state index in [-0.39, 0.29) is 11.7 Å². The molecule has 0 aliphatic carbocycles. The molecule has 1 amide bonds. The summed E-state index contributed by atoms with van der Waals surface area (Å²) in [5, 5.41) is 2.01. The van der Waals surface area contributed by atoms with Gasteiger partial charge in [-0.25, -0.2) is 9.37 Å². The molecule has 1 aliphatic heterocycles. The van der Waals surface area contributed by atoms with Gasteiger partial charge in [0.1, 0.15) is 5.82 Å². The van der Waals surface area contributed by atoms with Crippen molar-refractivity contribution in [2.75, 3.05) is 6.54 Å². The van der Waals surface area contributed by atoms with Crippen molar-refractivity contribution in [3.05, 3.63) is 47.4 Å². The minimum Gasteiger partial charge on any atom is -0.339 e. The lowest BCUT2D eigenvalue weighted by Crippen LogP contribution is -2.44. The summed E-state index contributed by atoms with van der Waals surface area (Å²) in [6, 6.07) is 6.71. The number of imidazole rings is 1. The summed E-state index contributed by atoms with van der Waals surface area (Å²) in [6.07, 6.45) is 6.78. The van der Waals surface area contributed by atoms with Crippen LogP contribution in [-0.4, -0.2) is 32.8 Å². The fourth-order valence-corrected chi connectivity index (χ4v) is 4.60. The van der Waals surface area contributed by atoms with Gasteiger partial charge in [0.2, 0.25) is 5.91 Å². The van der Waals surface area contributed by atoms with Crippen molar-refractivity contribution in [3.63, 3.8) is 0 Å². The Labute approximate surface area is 156 Å². The lowest BCUT2D eigenvalue weighted by atomic mass is 9.99. The second-order valence-corrected chi connectivity index (χ2v) is 7.67. The molecule has 1 saturated heterocycles. The number of nitrogens with zero attached hydrogens (tertiary/aromatic N) is 3. The number of halogens is 1. The fraction of sp³-hybridized carbons (Fsp3) is 0.400. The van der Waals surface area contributed by atoms with Crippen molar-refractivity contribution in [2.24, 2.45) is 0 Å². The first-order valence-electron chi connectivity index (χ1n) is 9.16. The van der Waals surface area contributed by atoms with E-state index < -0.39 is 0 Å². The Morgan fingerprint density at radius 2 is 2.12 bits per heavy atom. The SMILES string of the molecule is CCC1CCCCN1C(=O)Cc1csc2nc(-c3ccc(F)cc3)cn12. The summed E-state index contributed by atoms with van der Waals surface area (Å²) in [5.41, 5.74) is 2.65. The van der Waals surface area contributed by atoms with Gasteiger partial charge in [-0.3, -0.25) is 9.20 Å². The van der Waals surface area contributed by atoms with E-state index in [0.717, 1.165) is 47.7 Å². The number of benzene rings is 1. The maximum atomic E-state index is 13.1. The zero-order valence-electron chi connectivity index (χ0n) is 14.8. The number of amides is 1. The molecule has 1 aromatic carbocycles. The van der Waals surface area contributed by atoms with Gasteiger partial charge in [-0.2, -0.15) is 0 Å². The Bertz CT molecular complexity index is 915. The van der Waals surface area contributed by atoms with Crippen LogP contribution in [0.3, 0.4) is 0 Å². The predicted octanol–water partition coefficient (Wildman–Crippen LogP) is 4.54. The molecule has 2 aromatic heterocycles. The monoisotopic (exact) mass is 371 g/mol. The second kappa shape index (κ2) is 7.19. The van der Waals surface area contributed by atoms with E-state index >= 15 is 0 Å². The fourth-order valence-electron chi connectivity index (χ4n) is 3.73. The highest BCUT2D eigenvalue weighted by atomic mass is 32.1. The van der Waals surface area contributed by atoms with Gasteiger partial charge in [0.15, 0.2) is 4.96 Å². The summed E-state index contributed by atoms with van der Waals surface area (Å²) < 4.78 is 15.1. The van der Waals surface area contributed by atoms with Crippen LogP contribution in [0.25, 0.3) is 16.2 Å². The average molecular weight is 371 g/mol. The van der Waals surface area contributed by atoms with Gasteiger partial charge in [-0.1, -0.05) is 6.92 Å². The number of aromatic nitrogens is 2. The van der Waals surface area contributed by atoms with E-state index in [4.69, 9.17) is 0 Å². The number of piperidine rings is 1. The number of carbonyl (C=O) groups is 1. The van der Waals surface area contributed by atoms with E-state index in [1.54, 1.807) is 12.1 Å². The van der Waals surface area contributed by atoms with Crippen molar-refractivity contribution in [1.29, 1.82) is 0 Å². The van der Waals surface area contributed by atoms with Crippen LogP contribution >= 0.6 is 11.3 Å². The molecule has 1 unspecified atom stereocenters. The number of thiazole rings is 1. The van der Waals surface area contributed by atoms with Crippen molar-refractivity contribution in [2.45, 2.75) is 45.1 Å². The number of carbonyl (C=O) groups excluding carboxylic acids is 1. The maximum Gasteiger partial charge on any atom is 0.228 e. The molecular formula is C20H22FN3OS. The van der Waals surface area contributed by atoms with Gasteiger partial charge in [-0.05, 0) is 49.9 Å². The van der Waals surface area contributed by atoms with E-state index in [1.807, 2.05) is 16.0 Å². The normalized spacial score (nSPS) is 17.8. The van der Waals surface area contributed by atoms with Crippen molar-refractivity contribution in [3.8, 4) is 11.3 Å². The quantitative estimate of drug-likeness (QED) is 0.675. The Balaban J connectivity index is 1.57. The van der Waals surface area contributed by atoms with Crippen LogP contribution < -0.4 is 0 Å². The molecule has 4 nitrogen and oxygen atoms in total. The van der Waals surface area contributed by atoms with Gasteiger partial charge < -0.3 is 4.90 Å². The number of hydrogen-bond donors (Lipinski definition) is 0. The van der Waals surface area contributed by atoms with Gasteiger partial charge in [0, 0.05) is 35.4 Å².